The first-order chi connectivity index (χ1) is 7.94. The van der Waals surface area contributed by atoms with Crippen molar-refractivity contribution in [2.75, 3.05) is 0 Å². The van der Waals surface area contributed by atoms with Crippen molar-refractivity contribution in [2.24, 2.45) is 0 Å². The van der Waals surface area contributed by atoms with Gasteiger partial charge in [0.05, 0.1) is 0 Å². The van der Waals surface area contributed by atoms with Crippen molar-refractivity contribution in [1.82, 2.24) is 0 Å². The highest BCUT2D eigenvalue weighted by Crippen LogP contribution is 2.57. The number of rotatable bonds is 4. The maximum absolute atomic E-state index is 12.5. The molecule has 0 aliphatic carbocycles. The molecule has 0 atom stereocenters. The molecule has 2 N–H and O–H groups in total. The van der Waals surface area contributed by atoms with Crippen LogP contribution in [0.1, 0.15) is 0 Å². The predicted molar refractivity (Wildman–Crippen MR) is 34.1 cm³/mol. The van der Waals surface area contributed by atoms with Crippen LogP contribution in [0.2, 0.25) is 0 Å². The Labute approximate surface area is 96.0 Å². The van der Waals surface area contributed by atoms with Crippen LogP contribution in [0.5, 0.6) is 0 Å². The van der Waals surface area contributed by atoms with Crippen LogP contribution in [0.4, 0.5) is 48.3 Å². The van der Waals surface area contributed by atoms with Crippen molar-refractivity contribution in [3.05, 3.63) is 0 Å². The molecule has 0 aromatic heterocycles. The molecule has 0 aliphatic rings. The fourth-order valence-electron chi connectivity index (χ4n) is 0.747. The summed E-state index contributed by atoms with van der Waals surface area (Å²) in [6.45, 7) is 0. The van der Waals surface area contributed by atoms with Gasteiger partial charge in [-0.15, -0.1) is 0 Å². The van der Waals surface area contributed by atoms with E-state index in [1.165, 1.54) is 0 Å². The fourth-order valence-corrected chi connectivity index (χ4v) is 0.747. The van der Waals surface area contributed by atoms with E-state index in [4.69, 9.17) is 10.2 Å². The minimum absolute atomic E-state index is 4.59. The molecule has 0 aromatic rings. The maximum Gasteiger partial charge on any atom is 0.460 e. The largest absolute Gasteiger partial charge is 0.460 e. The van der Waals surface area contributed by atoms with Crippen LogP contribution >= 0.6 is 0 Å². The zero-order chi connectivity index (χ0) is 16.1. The number of aliphatic hydroxyl groups is 2. The van der Waals surface area contributed by atoms with E-state index in [0.717, 1.165) is 0 Å². The van der Waals surface area contributed by atoms with Crippen LogP contribution in [0, 0.1) is 0 Å². The van der Waals surface area contributed by atoms with Crippen LogP contribution in [0.3, 0.4) is 0 Å². The third kappa shape index (κ3) is 2.32. The first kappa shape index (κ1) is 18.1. The van der Waals surface area contributed by atoms with Crippen molar-refractivity contribution >= 4 is 0 Å². The van der Waals surface area contributed by atoms with Crippen LogP contribution in [0.15, 0.2) is 0 Å². The summed E-state index contributed by atoms with van der Waals surface area (Å²) in [6.07, 6.45) is -11.9. The lowest BCUT2D eigenvalue weighted by Crippen LogP contribution is -2.68. The van der Waals surface area contributed by atoms with Gasteiger partial charge in [-0.25, -0.2) is 0 Å². The molecule has 19 heavy (non-hydrogen) atoms. The van der Waals surface area contributed by atoms with E-state index < -0.39 is 36.2 Å². The second-order valence-electron chi connectivity index (χ2n) is 3.22. The molecule has 116 valence electrons. The molecule has 0 heterocycles. The molecule has 0 rings (SSSR count). The summed E-state index contributed by atoms with van der Waals surface area (Å²) in [5.41, 5.74) is 0. The summed E-state index contributed by atoms with van der Waals surface area (Å²) >= 11 is 0. The lowest BCUT2D eigenvalue weighted by Gasteiger charge is -2.37. The molecule has 13 heteroatoms. The lowest BCUT2D eigenvalue weighted by molar-refractivity contribution is -0.437. The highest BCUT2D eigenvalue weighted by molar-refractivity contribution is 5.06. The molecule has 0 amide bonds. The normalized spacial score (nSPS) is 16.1. The summed E-state index contributed by atoms with van der Waals surface area (Å²) < 4.78 is 133. The Morgan fingerprint density at radius 3 is 1.05 bits per heavy atom. The molecule has 0 saturated carbocycles. The molecule has 0 fully saturated rings. The quantitative estimate of drug-likeness (QED) is 0.618. The summed E-state index contributed by atoms with van der Waals surface area (Å²) in [5, 5.41) is 15.4. The number of alkyl halides is 11. The molecule has 0 saturated heterocycles. The SMILES string of the molecule is OC(O)C(F)(F)C(F)(F)C(F)(F)C(F)(F)C(F)(F)F. The van der Waals surface area contributed by atoms with Gasteiger partial charge < -0.3 is 10.2 Å². The molecule has 0 aromatic carbocycles. The smallest absolute Gasteiger partial charge is 0.363 e. The highest BCUT2D eigenvalue weighted by Gasteiger charge is 2.88. The molecule has 2 nitrogen and oxygen atoms in total. The maximum atomic E-state index is 12.5. The zero-order valence-corrected chi connectivity index (χ0v) is 8.13. The fraction of sp³-hybridized carbons (Fsp3) is 1.00. The van der Waals surface area contributed by atoms with Crippen molar-refractivity contribution in [3.63, 3.8) is 0 Å². The van der Waals surface area contributed by atoms with E-state index in [0.29, 0.717) is 0 Å². The molecular weight excluding hydrogens is 313 g/mol. The van der Waals surface area contributed by atoms with Crippen molar-refractivity contribution in [2.45, 2.75) is 36.2 Å². The Hall–Kier alpha value is -0.850. The topological polar surface area (TPSA) is 40.5 Å². The van der Waals surface area contributed by atoms with Gasteiger partial charge in [-0.1, -0.05) is 0 Å². The first-order valence-electron chi connectivity index (χ1n) is 3.88. The minimum Gasteiger partial charge on any atom is -0.363 e. The van der Waals surface area contributed by atoms with E-state index in [1.807, 2.05) is 0 Å². The molecule has 0 spiro atoms. The Kier molecular flexibility index (Phi) is 4.13. The zero-order valence-electron chi connectivity index (χ0n) is 8.13. The van der Waals surface area contributed by atoms with Crippen molar-refractivity contribution < 1.29 is 58.5 Å². The number of hydrogen-bond acceptors (Lipinski definition) is 2. The van der Waals surface area contributed by atoms with Gasteiger partial charge in [0.1, 0.15) is 0 Å². The molecular formula is C6H3F11O2. The molecule has 0 aliphatic heterocycles. The van der Waals surface area contributed by atoms with Gasteiger partial charge in [-0.05, 0) is 0 Å². The van der Waals surface area contributed by atoms with Gasteiger partial charge in [0.15, 0.2) is 0 Å². The third-order valence-corrected chi connectivity index (χ3v) is 1.89. The Morgan fingerprint density at radius 1 is 0.526 bits per heavy atom. The van der Waals surface area contributed by atoms with E-state index in [9.17, 15) is 48.3 Å². The van der Waals surface area contributed by atoms with Crippen LogP contribution in [0.25, 0.3) is 0 Å². The van der Waals surface area contributed by atoms with Crippen molar-refractivity contribution in [1.29, 1.82) is 0 Å². The number of halogens is 11. The second-order valence-corrected chi connectivity index (χ2v) is 3.22. The standard InChI is InChI=1S/C6H3F11O2/c7-2(8,1(18)19)3(9,10)4(11,12)5(13,14)6(15,16)17/h1,18-19H. The minimum atomic E-state index is -7.62. The average Bonchev–Trinajstić information content (AvgIpc) is 2.14. The van der Waals surface area contributed by atoms with Crippen LogP contribution in [-0.4, -0.2) is 46.4 Å². The summed E-state index contributed by atoms with van der Waals surface area (Å²) in [5.74, 6) is -29.2. The van der Waals surface area contributed by atoms with Gasteiger partial charge in [0, 0.05) is 0 Å². The van der Waals surface area contributed by atoms with Gasteiger partial charge in [0.25, 0.3) is 0 Å². The predicted octanol–water partition coefficient (Wildman–Crippen LogP) is 2.40. The Bertz CT molecular complexity index is 331. The average molecular weight is 316 g/mol. The van der Waals surface area contributed by atoms with Crippen LogP contribution < -0.4 is 0 Å². The van der Waals surface area contributed by atoms with E-state index in [-0.39, 0.29) is 0 Å². The third-order valence-electron chi connectivity index (χ3n) is 1.89. The van der Waals surface area contributed by atoms with Gasteiger partial charge in [-0.2, -0.15) is 48.3 Å². The summed E-state index contributed by atoms with van der Waals surface area (Å²) in [7, 11) is 0. The molecule has 0 bridgehead atoms. The summed E-state index contributed by atoms with van der Waals surface area (Å²) in [6, 6.07) is 0. The number of hydrogen-bond donors (Lipinski definition) is 2. The van der Waals surface area contributed by atoms with Crippen molar-refractivity contribution in [3.8, 4) is 0 Å². The van der Waals surface area contributed by atoms with E-state index >= 15 is 0 Å². The lowest BCUT2D eigenvalue weighted by atomic mass is 9.98. The second kappa shape index (κ2) is 4.33. The van der Waals surface area contributed by atoms with Gasteiger partial charge >= 0.3 is 29.9 Å². The summed E-state index contributed by atoms with van der Waals surface area (Å²) in [4.78, 5) is 0. The molecule has 0 unspecified atom stereocenters. The van der Waals surface area contributed by atoms with Gasteiger partial charge in [0.2, 0.25) is 6.29 Å². The highest BCUT2D eigenvalue weighted by atomic mass is 19.4. The first-order valence-corrected chi connectivity index (χ1v) is 3.88. The van der Waals surface area contributed by atoms with E-state index in [1.54, 1.807) is 0 Å². The van der Waals surface area contributed by atoms with Crippen LogP contribution in [-0.2, 0) is 0 Å². The molecule has 0 radical (unpaired) electrons. The Balaban J connectivity index is 5.92. The van der Waals surface area contributed by atoms with E-state index in [2.05, 4.69) is 0 Å². The van der Waals surface area contributed by atoms with Gasteiger partial charge in [-0.3, -0.25) is 0 Å². The monoisotopic (exact) mass is 316 g/mol. The number of aliphatic hydroxyl groups excluding tert-OH is 1. The Morgan fingerprint density at radius 2 is 0.842 bits per heavy atom.